The highest BCUT2D eigenvalue weighted by atomic mass is 35.5. The van der Waals surface area contributed by atoms with Gasteiger partial charge >= 0.3 is 11.9 Å². The third-order valence-electron chi connectivity index (χ3n) is 6.14. The number of carboxylic acids is 2. The summed E-state index contributed by atoms with van der Waals surface area (Å²) in [5.74, 6) is -3.77. The van der Waals surface area contributed by atoms with Gasteiger partial charge in [0.05, 0.1) is 0 Å². The number of benzene rings is 2. The van der Waals surface area contributed by atoms with Crippen molar-refractivity contribution in [1.29, 1.82) is 0 Å². The lowest BCUT2D eigenvalue weighted by molar-refractivity contribution is -0.172. The number of carbonyl (C=O) groups excluding carboxylic acids is 1. The Bertz CT molecular complexity index is 1080. The monoisotopic (exact) mass is 580 g/mol. The fraction of sp³-hybridized carbons (Fsp3) is 0.483. The fourth-order valence-electron chi connectivity index (χ4n) is 3.89. The molecule has 0 bridgehead atoms. The highest BCUT2D eigenvalue weighted by Gasteiger charge is 2.36. The second kappa shape index (κ2) is 18.2. The average Bonchev–Trinajstić information content (AvgIpc) is 2.91. The number of unbranched alkanes of at least 4 members (excludes halogenated alkanes) is 4. The summed E-state index contributed by atoms with van der Waals surface area (Å²) in [5, 5.41) is 25.1. The molecule has 0 aromatic heterocycles. The average molecular weight is 581 g/mol. The van der Waals surface area contributed by atoms with E-state index in [2.05, 4.69) is 10.6 Å². The van der Waals surface area contributed by atoms with Crippen LogP contribution in [0.3, 0.4) is 0 Å². The van der Waals surface area contributed by atoms with Gasteiger partial charge in [-0.2, -0.15) is 0 Å². The summed E-state index contributed by atoms with van der Waals surface area (Å²) in [6, 6.07) is 12.1. The first kappa shape index (κ1) is 33.0. The molecule has 0 radical (unpaired) electrons. The van der Waals surface area contributed by atoms with Gasteiger partial charge in [0, 0.05) is 30.4 Å². The summed E-state index contributed by atoms with van der Waals surface area (Å²) in [6.07, 6.45) is 2.10. The molecule has 220 valence electrons. The third-order valence-corrected chi connectivity index (χ3v) is 6.54. The predicted octanol–water partition coefficient (Wildman–Crippen LogP) is 4.84. The van der Waals surface area contributed by atoms with Gasteiger partial charge in [-0.15, -0.1) is 0 Å². The molecule has 0 fully saturated rings. The van der Waals surface area contributed by atoms with Gasteiger partial charge in [-0.3, -0.25) is 4.79 Å². The third kappa shape index (κ3) is 12.8. The maximum Gasteiger partial charge on any atom is 0.336 e. The number of aliphatic carboxylic acids is 2. The number of aryl methyl sites for hydroxylation is 2. The van der Waals surface area contributed by atoms with Crippen molar-refractivity contribution in [2.75, 3.05) is 31.6 Å². The van der Waals surface area contributed by atoms with Gasteiger partial charge in [0.25, 0.3) is 5.91 Å². The van der Waals surface area contributed by atoms with E-state index >= 15 is 0 Å². The van der Waals surface area contributed by atoms with Gasteiger partial charge in [-0.1, -0.05) is 42.6 Å². The molecule has 2 aromatic rings. The van der Waals surface area contributed by atoms with Crippen LogP contribution in [0.15, 0.2) is 42.5 Å². The minimum absolute atomic E-state index is 0.0814. The molecule has 0 spiro atoms. The number of anilines is 1. The van der Waals surface area contributed by atoms with E-state index in [4.69, 9.17) is 26.2 Å². The van der Waals surface area contributed by atoms with Crippen LogP contribution in [-0.4, -0.2) is 66.6 Å². The van der Waals surface area contributed by atoms with E-state index in [-0.39, 0.29) is 12.4 Å². The Balaban J connectivity index is 1.77. The summed E-state index contributed by atoms with van der Waals surface area (Å²) in [6.45, 7) is 2.04. The Hall–Kier alpha value is -3.21. The van der Waals surface area contributed by atoms with E-state index < -0.39 is 36.7 Å². The lowest BCUT2D eigenvalue weighted by atomic mass is 10.1. The number of nitrogens with one attached hydrogen (secondary N) is 2. The zero-order valence-corrected chi connectivity index (χ0v) is 23.4. The molecule has 9 nitrogen and oxygen atoms in total. The Morgan fingerprint density at radius 3 is 2.27 bits per heavy atom. The van der Waals surface area contributed by atoms with Gasteiger partial charge in [0.1, 0.15) is 12.4 Å². The van der Waals surface area contributed by atoms with Crippen molar-refractivity contribution < 1.29 is 38.5 Å². The number of rotatable bonds is 20. The van der Waals surface area contributed by atoms with Crippen molar-refractivity contribution in [3.8, 4) is 0 Å². The normalized spacial score (nSPS) is 12.5. The number of hydrogen-bond donors (Lipinski definition) is 4. The molecule has 11 heteroatoms. The number of carbonyl (C=O) groups is 3. The summed E-state index contributed by atoms with van der Waals surface area (Å²) < 4.78 is 23.6. The molecule has 2 atom stereocenters. The molecule has 0 heterocycles. The van der Waals surface area contributed by atoms with Gasteiger partial charge in [0.15, 0.2) is 12.2 Å². The van der Waals surface area contributed by atoms with Crippen molar-refractivity contribution in [1.82, 2.24) is 5.32 Å². The van der Waals surface area contributed by atoms with E-state index in [0.717, 1.165) is 42.5 Å². The number of halogens is 2. The van der Waals surface area contributed by atoms with E-state index in [1.54, 1.807) is 12.1 Å². The van der Waals surface area contributed by atoms with Gasteiger partial charge in [-0.25, -0.2) is 14.0 Å². The molecule has 0 aliphatic heterocycles. The smallest absolute Gasteiger partial charge is 0.336 e. The standard InChI is InChI=1S/C29H38ClFN2O7/c1-20-9-14-23(18-24(20)30)32-15-6-7-17-39-26(27(29(37)38)40-19-25(34)35)28(36)33-16-5-3-2-4-8-21-10-12-22(31)13-11-21/h9-14,18,26-27,32H,2-8,15-17,19H2,1H3,(H,33,36)(H,34,35)(H,37,38). The highest BCUT2D eigenvalue weighted by molar-refractivity contribution is 6.31. The predicted molar refractivity (Wildman–Crippen MR) is 150 cm³/mol. The van der Waals surface area contributed by atoms with Gasteiger partial charge in [-0.05, 0) is 74.4 Å². The summed E-state index contributed by atoms with van der Waals surface area (Å²) in [4.78, 5) is 35.5. The topological polar surface area (TPSA) is 134 Å². The molecule has 0 aliphatic rings. The van der Waals surface area contributed by atoms with Gasteiger partial charge < -0.3 is 30.3 Å². The van der Waals surface area contributed by atoms with Crippen molar-refractivity contribution in [3.05, 3.63) is 64.4 Å². The maximum atomic E-state index is 13.0. The Labute approximate surface area is 239 Å². The molecule has 0 aliphatic carbocycles. The largest absolute Gasteiger partial charge is 0.480 e. The van der Waals surface area contributed by atoms with Crippen LogP contribution in [-0.2, 0) is 30.3 Å². The van der Waals surface area contributed by atoms with Gasteiger partial charge in [0.2, 0.25) is 0 Å². The van der Waals surface area contributed by atoms with Crippen LogP contribution in [0.1, 0.15) is 49.7 Å². The molecule has 0 saturated carbocycles. The second-order valence-corrected chi connectivity index (χ2v) is 9.84. The lowest BCUT2D eigenvalue weighted by Crippen LogP contribution is -2.49. The van der Waals surface area contributed by atoms with Crippen molar-refractivity contribution in [2.45, 2.75) is 64.1 Å². The molecular formula is C29H38ClFN2O7. The van der Waals surface area contributed by atoms with Crippen molar-refractivity contribution in [2.24, 2.45) is 0 Å². The van der Waals surface area contributed by atoms with Crippen LogP contribution >= 0.6 is 11.6 Å². The van der Waals surface area contributed by atoms with E-state index in [1.807, 2.05) is 25.1 Å². The number of hydrogen-bond acceptors (Lipinski definition) is 6. The zero-order chi connectivity index (χ0) is 29.3. The number of carboxylic acid groups (broad SMARTS) is 2. The van der Waals surface area contributed by atoms with E-state index in [9.17, 15) is 23.9 Å². The minimum Gasteiger partial charge on any atom is -0.480 e. The second-order valence-electron chi connectivity index (χ2n) is 9.43. The SMILES string of the molecule is Cc1ccc(NCCCCOC(C(=O)NCCCCCCc2ccc(F)cc2)C(OCC(=O)O)C(=O)O)cc1Cl. The van der Waals surface area contributed by atoms with Crippen LogP contribution < -0.4 is 10.6 Å². The zero-order valence-electron chi connectivity index (χ0n) is 22.7. The number of amides is 1. The Morgan fingerprint density at radius 2 is 1.60 bits per heavy atom. The summed E-state index contributed by atoms with van der Waals surface area (Å²) in [5.41, 5.74) is 2.91. The quantitative estimate of drug-likeness (QED) is 0.163. The summed E-state index contributed by atoms with van der Waals surface area (Å²) >= 11 is 6.13. The van der Waals surface area contributed by atoms with Crippen LogP contribution in [0.5, 0.6) is 0 Å². The van der Waals surface area contributed by atoms with Crippen molar-refractivity contribution in [3.63, 3.8) is 0 Å². The molecular weight excluding hydrogens is 543 g/mol. The fourth-order valence-corrected chi connectivity index (χ4v) is 4.07. The first-order valence-electron chi connectivity index (χ1n) is 13.4. The number of ether oxygens (including phenoxy) is 2. The van der Waals surface area contributed by atoms with Crippen LogP contribution in [0, 0.1) is 12.7 Å². The lowest BCUT2D eigenvalue weighted by Gasteiger charge is -2.23. The van der Waals surface area contributed by atoms with E-state index in [1.165, 1.54) is 12.1 Å². The minimum atomic E-state index is -1.76. The molecule has 2 aromatic carbocycles. The first-order valence-corrected chi connectivity index (χ1v) is 13.7. The van der Waals surface area contributed by atoms with Crippen LogP contribution in [0.4, 0.5) is 10.1 Å². The highest BCUT2D eigenvalue weighted by Crippen LogP contribution is 2.20. The first-order chi connectivity index (χ1) is 19.2. The molecule has 2 unspecified atom stereocenters. The molecule has 0 saturated heterocycles. The Morgan fingerprint density at radius 1 is 0.900 bits per heavy atom. The van der Waals surface area contributed by atoms with Crippen LogP contribution in [0.2, 0.25) is 5.02 Å². The molecule has 2 rings (SSSR count). The maximum absolute atomic E-state index is 13.0. The Kier molecular flexibility index (Phi) is 15.0. The van der Waals surface area contributed by atoms with Crippen molar-refractivity contribution >= 4 is 35.1 Å². The molecule has 40 heavy (non-hydrogen) atoms. The van der Waals surface area contributed by atoms with Crippen LogP contribution in [0.25, 0.3) is 0 Å². The summed E-state index contributed by atoms with van der Waals surface area (Å²) in [7, 11) is 0. The van der Waals surface area contributed by atoms with E-state index in [0.29, 0.717) is 37.4 Å². The molecule has 1 amide bonds. The molecule has 4 N–H and O–H groups in total.